The Morgan fingerprint density at radius 2 is 1.78 bits per heavy atom. The summed E-state index contributed by atoms with van der Waals surface area (Å²) >= 11 is 5.16. The number of cyclic esters (lactones) is 1. The van der Waals surface area contributed by atoms with E-state index in [0.29, 0.717) is 73.9 Å². The molecular formula is C34H44FN7O6S. The summed E-state index contributed by atoms with van der Waals surface area (Å²) in [6, 6.07) is 10.5. The van der Waals surface area contributed by atoms with Crippen molar-refractivity contribution in [1.29, 1.82) is 0 Å². The molecule has 0 bridgehead atoms. The lowest BCUT2D eigenvalue weighted by molar-refractivity contribution is -0.131. The van der Waals surface area contributed by atoms with Crippen molar-refractivity contribution in [3.63, 3.8) is 0 Å². The van der Waals surface area contributed by atoms with E-state index < -0.39 is 30.1 Å². The van der Waals surface area contributed by atoms with Gasteiger partial charge in [0.15, 0.2) is 5.78 Å². The van der Waals surface area contributed by atoms with Gasteiger partial charge in [0.2, 0.25) is 11.8 Å². The minimum atomic E-state index is -0.567. The first-order chi connectivity index (χ1) is 23.5. The van der Waals surface area contributed by atoms with Crippen molar-refractivity contribution in [2.45, 2.75) is 64.8 Å². The maximum Gasteiger partial charge on any atom is 0.414 e. The molecule has 15 heteroatoms. The van der Waals surface area contributed by atoms with Crippen molar-refractivity contribution in [2.75, 3.05) is 49.1 Å². The number of hydrazine groups is 1. The Balaban J connectivity index is 1.18. The van der Waals surface area contributed by atoms with Crippen LogP contribution in [0.15, 0.2) is 42.5 Å². The van der Waals surface area contributed by atoms with Gasteiger partial charge in [-0.15, -0.1) is 0 Å². The molecule has 0 spiro atoms. The minimum absolute atomic E-state index is 0.0707. The maximum absolute atomic E-state index is 15.2. The number of piperazine rings is 1. The first-order valence-corrected chi connectivity index (χ1v) is 16.8. The second kappa shape index (κ2) is 17.8. The summed E-state index contributed by atoms with van der Waals surface area (Å²) in [4.78, 5) is 66.5. The number of ketones is 1. The largest absolute Gasteiger partial charge is 0.442 e. The summed E-state index contributed by atoms with van der Waals surface area (Å²) in [6.07, 6.45) is 0.563. The Bertz CT molecular complexity index is 1520. The van der Waals surface area contributed by atoms with Crippen molar-refractivity contribution in [3.05, 3.63) is 59.4 Å². The fraction of sp³-hybridized carbons (Fsp3) is 0.471. The smallest absolute Gasteiger partial charge is 0.414 e. The SMILES string of the molecule is CCC(=S)NC[C@H]1CN(c2ccc(N3CCN(C(=O)CCC(=O)c4ccc(CNN[C@@H](C)C(=O)N[C@@H](C)C=O)cc4)CC3)c(F)c2)C(=O)O1. The number of carbonyl (C=O) groups is 5. The molecule has 0 saturated carbocycles. The molecule has 2 aliphatic heterocycles. The molecule has 0 radical (unpaired) electrons. The van der Waals surface area contributed by atoms with Gasteiger partial charge in [0, 0.05) is 51.1 Å². The highest BCUT2D eigenvalue weighted by Crippen LogP contribution is 2.28. The molecule has 2 aliphatic rings. The summed E-state index contributed by atoms with van der Waals surface area (Å²) in [5, 5.41) is 5.62. The summed E-state index contributed by atoms with van der Waals surface area (Å²) < 4.78 is 20.6. The number of aldehydes is 1. The molecule has 264 valence electrons. The van der Waals surface area contributed by atoms with E-state index in [0.717, 1.165) is 5.56 Å². The normalized spacial score (nSPS) is 17.3. The molecule has 2 aromatic carbocycles. The summed E-state index contributed by atoms with van der Waals surface area (Å²) in [5.41, 5.74) is 8.01. The van der Waals surface area contributed by atoms with E-state index >= 15 is 4.39 Å². The number of Topliss-reactive ketones (excluding diaryl/α,β-unsaturated/α-hetero) is 1. The van der Waals surface area contributed by atoms with Crippen LogP contribution in [0.2, 0.25) is 0 Å². The Labute approximate surface area is 290 Å². The van der Waals surface area contributed by atoms with Gasteiger partial charge in [-0.05, 0) is 44.0 Å². The molecule has 0 aromatic heterocycles. The van der Waals surface area contributed by atoms with E-state index in [2.05, 4.69) is 21.5 Å². The number of anilines is 2. The molecular weight excluding hydrogens is 653 g/mol. The molecule has 2 heterocycles. The maximum atomic E-state index is 15.2. The third kappa shape index (κ3) is 10.5. The van der Waals surface area contributed by atoms with Gasteiger partial charge >= 0.3 is 6.09 Å². The average molecular weight is 698 g/mol. The van der Waals surface area contributed by atoms with Gasteiger partial charge in [0.1, 0.15) is 18.2 Å². The van der Waals surface area contributed by atoms with Gasteiger partial charge in [-0.1, -0.05) is 43.4 Å². The van der Waals surface area contributed by atoms with E-state index in [-0.39, 0.29) is 37.0 Å². The molecule has 49 heavy (non-hydrogen) atoms. The standard InChI is InChI=1S/C34H44FN7O6S/c1-4-31(49)36-19-27-20-42(34(47)48-27)26-9-10-29(28(35)17-26)40-13-15-41(16-14-40)32(45)12-11-30(44)25-7-5-24(6-8-25)18-37-39-23(3)33(46)38-22(2)21-43/h5-10,17,21-23,27,37,39H,4,11-16,18-20H2,1-3H3,(H,36,49)(H,38,46)/t22-,23-,27-/m0/s1. The number of thiocarbonyl (C=S) groups is 1. The molecule has 2 saturated heterocycles. The molecule has 13 nitrogen and oxygen atoms in total. The number of carbonyl (C=O) groups excluding carboxylic acids is 5. The van der Waals surface area contributed by atoms with Gasteiger partial charge in [0.05, 0.1) is 41.5 Å². The highest BCUT2D eigenvalue weighted by molar-refractivity contribution is 7.80. The van der Waals surface area contributed by atoms with Gasteiger partial charge in [-0.2, -0.15) is 0 Å². The van der Waals surface area contributed by atoms with Gasteiger partial charge in [-0.3, -0.25) is 24.7 Å². The van der Waals surface area contributed by atoms with Crippen LogP contribution in [0, 0.1) is 5.82 Å². The summed E-state index contributed by atoms with van der Waals surface area (Å²) in [5.74, 6) is -1.05. The van der Waals surface area contributed by atoms with E-state index in [4.69, 9.17) is 17.0 Å². The Morgan fingerprint density at radius 3 is 2.43 bits per heavy atom. The second-order valence-corrected chi connectivity index (χ2v) is 12.5. The van der Waals surface area contributed by atoms with Crippen molar-refractivity contribution in [3.8, 4) is 0 Å². The van der Waals surface area contributed by atoms with Gasteiger partial charge < -0.3 is 30.0 Å². The van der Waals surface area contributed by atoms with Crippen molar-refractivity contribution < 1.29 is 33.1 Å². The number of halogens is 1. The van der Waals surface area contributed by atoms with Crippen LogP contribution in [-0.2, 0) is 25.7 Å². The Kier molecular flexibility index (Phi) is 13.6. The summed E-state index contributed by atoms with van der Waals surface area (Å²) in [6.45, 7) is 7.92. The molecule has 2 fully saturated rings. The number of benzene rings is 2. The van der Waals surface area contributed by atoms with Crippen LogP contribution in [0.1, 0.15) is 56.0 Å². The van der Waals surface area contributed by atoms with Gasteiger partial charge in [0.25, 0.3) is 0 Å². The number of nitrogens with one attached hydrogen (secondary N) is 4. The van der Waals surface area contributed by atoms with Crippen LogP contribution in [-0.4, -0.2) is 97.3 Å². The van der Waals surface area contributed by atoms with Crippen molar-refractivity contribution >= 4 is 58.6 Å². The second-order valence-electron chi connectivity index (χ2n) is 12.1. The zero-order chi connectivity index (χ0) is 35.5. The molecule has 4 N–H and O–H groups in total. The highest BCUT2D eigenvalue weighted by Gasteiger charge is 2.33. The fourth-order valence-corrected chi connectivity index (χ4v) is 5.48. The fourth-order valence-electron chi connectivity index (χ4n) is 5.39. The zero-order valence-corrected chi connectivity index (χ0v) is 28.8. The van der Waals surface area contributed by atoms with Crippen LogP contribution in [0.3, 0.4) is 0 Å². The lowest BCUT2D eigenvalue weighted by atomic mass is 10.0. The molecule has 3 amide bonds. The molecule has 0 unspecified atom stereocenters. The molecule has 4 rings (SSSR count). The van der Waals surface area contributed by atoms with Crippen molar-refractivity contribution in [1.82, 2.24) is 26.4 Å². The Hall–Kier alpha value is -4.47. The van der Waals surface area contributed by atoms with Crippen LogP contribution in [0.4, 0.5) is 20.6 Å². The number of hydrogen-bond acceptors (Lipinski definition) is 10. The number of rotatable bonds is 16. The molecule has 3 atom stereocenters. The minimum Gasteiger partial charge on any atom is -0.442 e. The summed E-state index contributed by atoms with van der Waals surface area (Å²) in [7, 11) is 0. The number of hydrogen-bond donors (Lipinski definition) is 4. The molecule has 0 aliphatic carbocycles. The zero-order valence-electron chi connectivity index (χ0n) is 28.0. The first kappa shape index (κ1) is 37.4. The van der Waals surface area contributed by atoms with E-state index in [9.17, 15) is 24.0 Å². The first-order valence-electron chi connectivity index (χ1n) is 16.4. The monoisotopic (exact) mass is 697 g/mol. The Morgan fingerprint density at radius 1 is 1.06 bits per heavy atom. The number of ether oxygens (including phenoxy) is 1. The van der Waals surface area contributed by atoms with E-state index in [1.165, 1.54) is 11.0 Å². The predicted octanol–water partition coefficient (Wildman–Crippen LogP) is 2.48. The third-order valence-electron chi connectivity index (χ3n) is 8.36. The third-order valence-corrected chi connectivity index (χ3v) is 8.79. The quantitative estimate of drug-likeness (QED) is 0.0887. The average Bonchev–Trinajstić information content (AvgIpc) is 3.49. The van der Waals surface area contributed by atoms with Crippen LogP contribution in [0.25, 0.3) is 0 Å². The lowest BCUT2D eigenvalue weighted by Gasteiger charge is -2.36. The van der Waals surface area contributed by atoms with Crippen molar-refractivity contribution in [2.24, 2.45) is 0 Å². The highest BCUT2D eigenvalue weighted by atomic mass is 32.1. The number of nitrogens with zero attached hydrogens (tertiary/aromatic N) is 3. The topological polar surface area (TPSA) is 152 Å². The lowest BCUT2D eigenvalue weighted by Crippen LogP contribution is -2.50. The van der Waals surface area contributed by atoms with E-state index in [1.54, 1.807) is 55.1 Å². The van der Waals surface area contributed by atoms with Crippen LogP contribution >= 0.6 is 12.2 Å². The van der Waals surface area contributed by atoms with Crippen LogP contribution in [0.5, 0.6) is 0 Å². The van der Waals surface area contributed by atoms with E-state index in [1.807, 2.05) is 11.8 Å². The van der Waals surface area contributed by atoms with Gasteiger partial charge in [-0.25, -0.2) is 14.6 Å². The predicted molar refractivity (Wildman–Crippen MR) is 187 cm³/mol. The molecule has 2 aromatic rings. The number of amides is 3. The van der Waals surface area contributed by atoms with Crippen LogP contribution < -0.4 is 31.3 Å².